The van der Waals surface area contributed by atoms with Crippen LogP contribution in [0.15, 0.2) is 83.8 Å². The maximum atomic E-state index is 13.7. The first-order valence-electron chi connectivity index (χ1n) is 10.6. The van der Waals surface area contributed by atoms with Crippen molar-refractivity contribution in [2.75, 3.05) is 0 Å². The minimum atomic E-state index is -4.18. The van der Waals surface area contributed by atoms with Crippen LogP contribution in [0.1, 0.15) is 29.0 Å². The highest BCUT2D eigenvalue weighted by molar-refractivity contribution is 7.92. The van der Waals surface area contributed by atoms with Gasteiger partial charge in [0.1, 0.15) is 0 Å². The Hall–Kier alpha value is -3.85. The molecule has 34 heavy (non-hydrogen) atoms. The lowest BCUT2D eigenvalue weighted by Crippen LogP contribution is -2.53. The third-order valence-corrected chi connectivity index (χ3v) is 8.10. The van der Waals surface area contributed by atoms with Crippen LogP contribution in [0.3, 0.4) is 0 Å². The van der Waals surface area contributed by atoms with Crippen molar-refractivity contribution in [3.05, 3.63) is 106 Å². The summed E-state index contributed by atoms with van der Waals surface area (Å²) in [5.74, 6) is -2.27. The van der Waals surface area contributed by atoms with E-state index in [2.05, 4.69) is 0 Å². The lowest BCUT2D eigenvalue weighted by Gasteiger charge is -2.36. The van der Waals surface area contributed by atoms with Crippen molar-refractivity contribution in [2.45, 2.75) is 36.0 Å². The third kappa shape index (κ3) is 4.47. The number of rotatable bonds is 6. The van der Waals surface area contributed by atoms with Gasteiger partial charge in [-0.1, -0.05) is 60.2 Å². The Kier molecular flexibility index (Phi) is 6.30. The molecule has 9 heteroatoms. The average molecular weight is 479 g/mol. The second kappa shape index (κ2) is 9.18. The summed E-state index contributed by atoms with van der Waals surface area (Å²) in [6.45, 7) is 1.79. The minimum absolute atomic E-state index is 0.0163. The molecular formula is C25H22N2O6S. The fraction of sp³-hybridized carbons (Fsp3) is 0.200. The molecule has 1 heterocycles. The Bertz CT molecular complexity index is 1340. The number of hydrogen-bond acceptors (Lipinski definition) is 6. The van der Waals surface area contributed by atoms with Crippen LogP contribution < -0.4 is 0 Å². The van der Waals surface area contributed by atoms with E-state index in [-0.39, 0.29) is 23.5 Å². The number of nitro benzene ring substituents is 1. The fourth-order valence-electron chi connectivity index (χ4n) is 4.15. The van der Waals surface area contributed by atoms with Crippen LogP contribution in [0.4, 0.5) is 5.69 Å². The van der Waals surface area contributed by atoms with Crippen LogP contribution in [0.25, 0.3) is 0 Å². The molecule has 0 aliphatic carbocycles. The predicted octanol–water partition coefficient (Wildman–Crippen LogP) is 3.79. The quantitative estimate of drug-likeness (QED) is 0.302. The van der Waals surface area contributed by atoms with E-state index in [1.54, 1.807) is 42.5 Å². The summed E-state index contributed by atoms with van der Waals surface area (Å²) in [4.78, 5) is 38.1. The van der Waals surface area contributed by atoms with Gasteiger partial charge in [-0.2, -0.15) is 0 Å². The van der Waals surface area contributed by atoms with E-state index in [0.717, 1.165) is 10.5 Å². The van der Waals surface area contributed by atoms with Crippen molar-refractivity contribution >= 4 is 27.3 Å². The van der Waals surface area contributed by atoms with Gasteiger partial charge in [0.25, 0.3) is 5.69 Å². The van der Waals surface area contributed by atoms with Crippen molar-refractivity contribution in [3.63, 3.8) is 0 Å². The van der Waals surface area contributed by atoms with Crippen molar-refractivity contribution in [1.82, 2.24) is 4.90 Å². The zero-order chi connectivity index (χ0) is 24.5. The number of likely N-dealkylation sites (tertiary alicyclic amines) is 1. The first kappa shape index (κ1) is 23.3. The lowest BCUT2D eigenvalue weighted by atomic mass is 9.87. The standard InChI is InChI=1S/C25H22N2O6S/c1-17-7-13-21(14-8-17)34(32,33)24-22(19-9-11-20(12-10-19)27(30)31)15-23(28)26(25(24)29)16-18-5-3-2-4-6-18/h2-14,22,24H,15-16H2,1H3/t22-,24-/m1/s1. The molecule has 3 aromatic carbocycles. The molecule has 0 unspecified atom stereocenters. The number of imide groups is 1. The van der Waals surface area contributed by atoms with Gasteiger partial charge in [0.05, 0.1) is 16.4 Å². The largest absolute Gasteiger partial charge is 0.277 e. The molecule has 3 aromatic rings. The van der Waals surface area contributed by atoms with Crippen LogP contribution in [-0.4, -0.2) is 35.3 Å². The van der Waals surface area contributed by atoms with Crippen LogP contribution in [0.2, 0.25) is 0 Å². The number of nitro groups is 1. The fourth-order valence-corrected chi connectivity index (χ4v) is 6.03. The highest BCUT2D eigenvalue weighted by atomic mass is 32.2. The van der Waals surface area contributed by atoms with Crippen molar-refractivity contribution in [1.29, 1.82) is 0 Å². The predicted molar refractivity (Wildman–Crippen MR) is 125 cm³/mol. The smallest absolute Gasteiger partial charge is 0.269 e. The van der Waals surface area contributed by atoms with Crippen molar-refractivity contribution in [3.8, 4) is 0 Å². The molecule has 1 aliphatic rings. The lowest BCUT2D eigenvalue weighted by molar-refractivity contribution is -0.384. The molecule has 0 N–H and O–H groups in total. The topological polar surface area (TPSA) is 115 Å². The number of carbonyl (C=O) groups is 2. The number of aryl methyl sites for hydroxylation is 1. The van der Waals surface area contributed by atoms with Gasteiger partial charge in [-0.15, -0.1) is 0 Å². The minimum Gasteiger partial charge on any atom is -0.277 e. The van der Waals surface area contributed by atoms with Crippen LogP contribution in [0.5, 0.6) is 0 Å². The van der Waals surface area contributed by atoms with Crippen molar-refractivity contribution < 1.29 is 22.9 Å². The monoisotopic (exact) mass is 478 g/mol. The SMILES string of the molecule is Cc1ccc(S(=O)(=O)[C@H]2C(=O)N(Cc3ccccc3)C(=O)C[C@@H]2c2ccc([N+](=O)[O-])cc2)cc1. The number of nitrogens with zero attached hydrogens (tertiary/aromatic N) is 2. The summed E-state index contributed by atoms with van der Waals surface area (Å²) < 4.78 is 27.4. The molecule has 1 fully saturated rings. The first-order valence-corrected chi connectivity index (χ1v) is 12.2. The van der Waals surface area contributed by atoms with Gasteiger partial charge in [0.2, 0.25) is 11.8 Å². The second-order valence-electron chi connectivity index (χ2n) is 8.24. The Balaban J connectivity index is 1.78. The van der Waals surface area contributed by atoms with Gasteiger partial charge in [-0.3, -0.25) is 24.6 Å². The van der Waals surface area contributed by atoms with E-state index in [4.69, 9.17) is 0 Å². The summed E-state index contributed by atoms with van der Waals surface area (Å²) in [6.07, 6.45) is -0.216. The molecular weight excluding hydrogens is 456 g/mol. The maximum Gasteiger partial charge on any atom is 0.269 e. The maximum absolute atomic E-state index is 13.7. The van der Waals surface area contributed by atoms with Gasteiger partial charge < -0.3 is 0 Å². The van der Waals surface area contributed by atoms with Gasteiger partial charge in [0.15, 0.2) is 15.1 Å². The summed E-state index contributed by atoms with van der Waals surface area (Å²) in [5.41, 5.74) is 1.78. The van der Waals surface area contributed by atoms with Crippen LogP contribution >= 0.6 is 0 Å². The molecule has 174 valence electrons. The number of piperidine rings is 1. The molecule has 2 atom stereocenters. The second-order valence-corrected chi connectivity index (χ2v) is 10.3. The van der Waals surface area contributed by atoms with E-state index in [9.17, 15) is 28.1 Å². The molecule has 2 amide bonds. The van der Waals surface area contributed by atoms with E-state index < -0.39 is 37.7 Å². The first-order chi connectivity index (χ1) is 16.2. The number of sulfone groups is 1. The van der Waals surface area contributed by atoms with Crippen LogP contribution in [-0.2, 0) is 26.0 Å². The van der Waals surface area contributed by atoms with E-state index in [1.165, 1.54) is 36.4 Å². The Morgan fingerprint density at radius 2 is 1.56 bits per heavy atom. The zero-order valence-corrected chi connectivity index (χ0v) is 19.1. The molecule has 1 saturated heterocycles. The number of benzene rings is 3. The Morgan fingerprint density at radius 3 is 2.15 bits per heavy atom. The zero-order valence-electron chi connectivity index (χ0n) is 18.3. The summed E-state index contributed by atoms with van der Waals surface area (Å²) in [7, 11) is -4.18. The highest BCUT2D eigenvalue weighted by Crippen LogP contribution is 2.38. The number of carbonyl (C=O) groups excluding carboxylic acids is 2. The van der Waals surface area contributed by atoms with Gasteiger partial charge in [-0.25, -0.2) is 8.42 Å². The summed E-state index contributed by atoms with van der Waals surface area (Å²) >= 11 is 0. The molecule has 0 bridgehead atoms. The van der Waals surface area contributed by atoms with Gasteiger partial charge in [-0.05, 0) is 30.2 Å². The highest BCUT2D eigenvalue weighted by Gasteiger charge is 2.49. The van der Waals surface area contributed by atoms with Crippen molar-refractivity contribution in [2.24, 2.45) is 0 Å². The number of non-ortho nitro benzene ring substituents is 1. The van der Waals surface area contributed by atoms with Gasteiger partial charge in [0, 0.05) is 24.5 Å². The molecule has 1 aliphatic heterocycles. The molecule has 4 rings (SSSR count). The third-order valence-electron chi connectivity index (χ3n) is 5.97. The normalized spacial score (nSPS) is 18.7. The summed E-state index contributed by atoms with van der Waals surface area (Å²) in [6, 6.07) is 20.4. The van der Waals surface area contributed by atoms with Crippen LogP contribution in [0, 0.1) is 17.0 Å². The molecule has 0 saturated carbocycles. The Morgan fingerprint density at radius 1 is 0.941 bits per heavy atom. The summed E-state index contributed by atoms with van der Waals surface area (Å²) in [5, 5.41) is 9.50. The molecule has 0 radical (unpaired) electrons. The average Bonchev–Trinajstić information content (AvgIpc) is 2.82. The van der Waals surface area contributed by atoms with E-state index in [1.807, 2.05) is 6.92 Å². The van der Waals surface area contributed by atoms with Gasteiger partial charge >= 0.3 is 0 Å². The Labute approximate surface area is 196 Å². The molecule has 0 spiro atoms. The van der Waals surface area contributed by atoms with E-state index in [0.29, 0.717) is 11.1 Å². The number of hydrogen-bond donors (Lipinski definition) is 0. The number of amides is 2. The van der Waals surface area contributed by atoms with E-state index >= 15 is 0 Å². The molecule has 0 aromatic heterocycles. The molecule has 8 nitrogen and oxygen atoms in total.